The van der Waals surface area contributed by atoms with Gasteiger partial charge < -0.3 is 14.5 Å². The van der Waals surface area contributed by atoms with E-state index in [-0.39, 0.29) is 5.91 Å². The molecular weight excluding hydrogens is 222 g/mol. The Balaban J connectivity index is 2.27. The molecule has 5 heteroatoms. The van der Waals surface area contributed by atoms with Crippen molar-refractivity contribution >= 4 is 18.1 Å². The topological polar surface area (TPSA) is 41.0 Å². The highest BCUT2D eigenvalue weighted by molar-refractivity contribution is 7.71. The Kier molecular flexibility index (Phi) is 3.14. The SMILES string of the molecule is CCc1c[nH]c(=S)n1C1CCC(=O)N(C)C1. The van der Waals surface area contributed by atoms with Crippen LogP contribution in [-0.2, 0) is 11.2 Å². The van der Waals surface area contributed by atoms with Crippen molar-refractivity contribution < 1.29 is 4.79 Å². The summed E-state index contributed by atoms with van der Waals surface area (Å²) in [5, 5.41) is 0. The molecule has 0 radical (unpaired) electrons. The van der Waals surface area contributed by atoms with Crippen molar-refractivity contribution in [3.63, 3.8) is 0 Å². The highest BCUT2D eigenvalue weighted by Gasteiger charge is 2.25. The van der Waals surface area contributed by atoms with Gasteiger partial charge in [-0.2, -0.15) is 0 Å². The first-order chi connectivity index (χ1) is 7.63. The van der Waals surface area contributed by atoms with E-state index in [2.05, 4.69) is 16.5 Å². The van der Waals surface area contributed by atoms with Crippen LogP contribution in [0.4, 0.5) is 0 Å². The Morgan fingerprint density at radius 1 is 1.62 bits per heavy atom. The van der Waals surface area contributed by atoms with Crippen LogP contribution >= 0.6 is 12.2 Å². The Labute approximate surface area is 100 Å². The Morgan fingerprint density at radius 3 is 3.00 bits per heavy atom. The molecule has 1 aromatic heterocycles. The van der Waals surface area contributed by atoms with Crippen LogP contribution in [0, 0.1) is 4.77 Å². The van der Waals surface area contributed by atoms with E-state index in [1.807, 2.05) is 13.2 Å². The molecule has 1 atom stereocenters. The number of hydrogen-bond donors (Lipinski definition) is 1. The third kappa shape index (κ3) is 1.91. The van der Waals surface area contributed by atoms with Crippen molar-refractivity contribution in [2.75, 3.05) is 13.6 Å². The number of imidazole rings is 1. The van der Waals surface area contributed by atoms with Gasteiger partial charge in [0.25, 0.3) is 0 Å². The maximum Gasteiger partial charge on any atom is 0.222 e. The smallest absolute Gasteiger partial charge is 0.222 e. The number of carbonyl (C=O) groups excluding carboxylic acids is 1. The number of carbonyl (C=O) groups is 1. The van der Waals surface area contributed by atoms with Crippen molar-refractivity contribution in [1.82, 2.24) is 14.5 Å². The molecule has 0 spiro atoms. The van der Waals surface area contributed by atoms with Gasteiger partial charge in [0.05, 0.1) is 6.04 Å². The first-order valence-electron chi connectivity index (χ1n) is 5.66. The average Bonchev–Trinajstić information content (AvgIpc) is 2.64. The van der Waals surface area contributed by atoms with E-state index in [9.17, 15) is 4.79 Å². The minimum Gasteiger partial charge on any atom is -0.344 e. The predicted octanol–water partition coefficient (Wildman–Crippen LogP) is 1.90. The number of nitrogens with one attached hydrogen (secondary N) is 1. The fourth-order valence-corrected chi connectivity index (χ4v) is 2.61. The van der Waals surface area contributed by atoms with Gasteiger partial charge >= 0.3 is 0 Å². The Morgan fingerprint density at radius 2 is 2.38 bits per heavy atom. The number of aromatic amines is 1. The molecule has 1 aromatic rings. The lowest BCUT2D eigenvalue weighted by Gasteiger charge is -2.31. The lowest BCUT2D eigenvalue weighted by atomic mass is 10.1. The van der Waals surface area contributed by atoms with Crippen LogP contribution in [0.15, 0.2) is 6.20 Å². The quantitative estimate of drug-likeness (QED) is 0.801. The molecule has 0 aromatic carbocycles. The minimum atomic E-state index is 0.233. The molecule has 0 saturated carbocycles. The number of aromatic nitrogens is 2. The molecule has 1 N–H and O–H groups in total. The lowest BCUT2D eigenvalue weighted by Crippen LogP contribution is -2.38. The number of H-pyrrole nitrogens is 1. The van der Waals surface area contributed by atoms with Crippen LogP contribution in [0.1, 0.15) is 31.5 Å². The summed E-state index contributed by atoms with van der Waals surface area (Å²) < 4.78 is 2.93. The monoisotopic (exact) mass is 239 g/mol. The number of nitrogens with zero attached hydrogens (tertiary/aromatic N) is 2. The summed E-state index contributed by atoms with van der Waals surface area (Å²) in [6.07, 6.45) is 4.44. The van der Waals surface area contributed by atoms with Crippen LogP contribution in [-0.4, -0.2) is 34.0 Å². The second kappa shape index (κ2) is 4.41. The molecule has 1 aliphatic heterocycles. The summed E-state index contributed by atoms with van der Waals surface area (Å²) in [6, 6.07) is 0.330. The van der Waals surface area contributed by atoms with Gasteiger partial charge in [-0.05, 0) is 25.1 Å². The molecule has 1 aliphatic rings. The van der Waals surface area contributed by atoms with Gasteiger partial charge in [-0.1, -0.05) is 6.92 Å². The van der Waals surface area contributed by atoms with E-state index in [1.165, 1.54) is 5.69 Å². The van der Waals surface area contributed by atoms with Crippen molar-refractivity contribution in [1.29, 1.82) is 0 Å². The molecule has 88 valence electrons. The standard InChI is InChI=1S/C11H17N3OS/c1-3-8-6-12-11(16)14(8)9-4-5-10(15)13(2)7-9/h6,9H,3-5,7H2,1-2H3,(H,12,16). The number of amides is 1. The molecule has 4 nitrogen and oxygen atoms in total. The first kappa shape index (κ1) is 11.4. The van der Waals surface area contributed by atoms with E-state index >= 15 is 0 Å². The number of aryl methyl sites for hydroxylation is 1. The molecular formula is C11H17N3OS. The fraction of sp³-hybridized carbons (Fsp3) is 0.636. The average molecular weight is 239 g/mol. The van der Waals surface area contributed by atoms with Crippen LogP contribution in [0.25, 0.3) is 0 Å². The number of likely N-dealkylation sites (tertiary alicyclic amines) is 1. The van der Waals surface area contributed by atoms with Gasteiger partial charge in [-0.15, -0.1) is 0 Å². The molecule has 1 unspecified atom stereocenters. The summed E-state index contributed by atoms with van der Waals surface area (Å²) in [7, 11) is 1.86. The second-order valence-electron chi connectivity index (χ2n) is 4.28. The molecule has 16 heavy (non-hydrogen) atoms. The van der Waals surface area contributed by atoms with Crippen molar-refractivity contribution in [3.8, 4) is 0 Å². The highest BCUT2D eigenvalue weighted by atomic mass is 32.1. The van der Waals surface area contributed by atoms with Crippen LogP contribution in [0.2, 0.25) is 0 Å². The maximum absolute atomic E-state index is 11.4. The zero-order valence-corrected chi connectivity index (χ0v) is 10.5. The number of piperidine rings is 1. The van der Waals surface area contributed by atoms with Gasteiger partial charge in [0.1, 0.15) is 0 Å². The van der Waals surface area contributed by atoms with E-state index in [0.717, 1.165) is 24.2 Å². The first-order valence-corrected chi connectivity index (χ1v) is 6.07. The third-order valence-electron chi connectivity index (χ3n) is 3.22. The maximum atomic E-state index is 11.4. The summed E-state index contributed by atoms with van der Waals surface area (Å²) in [4.78, 5) is 16.3. The van der Waals surface area contributed by atoms with E-state index < -0.39 is 0 Å². The summed E-state index contributed by atoms with van der Waals surface area (Å²) in [5.41, 5.74) is 1.22. The molecule has 1 saturated heterocycles. The summed E-state index contributed by atoms with van der Waals surface area (Å²) in [6.45, 7) is 2.88. The summed E-state index contributed by atoms with van der Waals surface area (Å²) >= 11 is 5.29. The summed E-state index contributed by atoms with van der Waals surface area (Å²) in [5.74, 6) is 0.233. The zero-order chi connectivity index (χ0) is 11.7. The van der Waals surface area contributed by atoms with E-state index in [1.54, 1.807) is 4.90 Å². The molecule has 2 rings (SSSR count). The second-order valence-corrected chi connectivity index (χ2v) is 4.66. The number of rotatable bonds is 2. The lowest BCUT2D eigenvalue weighted by molar-refractivity contribution is -0.132. The largest absolute Gasteiger partial charge is 0.344 e. The van der Waals surface area contributed by atoms with Crippen molar-refractivity contribution in [2.24, 2.45) is 0 Å². The van der Waals surface area contributed by atoms with E-state index in [4.69, 9.17) is 12.2 Å². The van der Waals surface area contributed by atoms with Crippen molar-refractivity contribution in [2.45, 2.75) is 32.2 Å². The number of hydrogen-bond acceptors (Lipinski definition) is 2. The van der Waals surface area contributed by atoms with Gasteiger partial charge in [-0.25, -0.2) is 0 Å². The van der Waals surface area contributed by atoms with Gasteiger partial charge in [0.15, 0.2) is 4.77 Å². The Bertz CT molecular complexity index is 448. The van der Waals surface area contributed by atoms with Crippen LogP contribution in [0.3, 0.4) is 0 Å². The predicted molar refractivity (Wildman–Crippen MR) is 64.9 cm³/mol. The molecule has 2 heterocycles. The fourth-order valence-electron chi connectivity index (χ4n) is 2.29. The van der Waals surface area contributed by atoms with Crippen LogP contribution < -0.4 is 0 Å². The molecule has 1 amide bonds. The van der Waals surface area contributed by atoms with Gasteiger partial charge in [-0.3, -0.25) is 4.79 Å². The van der Waals surface area contributed by atoms with Crippen molar-refractivity contribution in [3.05, 3.63) is 16.7 Å². The van der Waals surface area contributed by atoms with Gasteiger partial charge in [0, 0.05) is 31.9 Å². The normalized spacial score (nSPS) is 21.5. The molecule has 0 bridgehead atoms. The molecule has 0 aliphatic carbocycles. The Hall–Kier alpha value is -1.10. The number of likely N-dealkylation sites (N-methyl/N-ethyl adjacent to an activating group) is 1. The van der Waals surface area contributed by atoms with Gasteiger partial charge in [0.2, 0.25) is 5.91 Å². The zero-order valence-electron chi connectivity index (χ0n) is 9.69. The molecule has 1 fully saturated rings. The highest BCUT2D eigenvalue weighted by Crippen LogP contribution is 2.23. The van der Waals surface area contributed by atoms with Crippen LogP contribution in [0.5, 0.6) is 0 Å². The third-order valence-corrected chi connectivity index (χ3v) is 3.53. The van der Waals surface area contributed by atoms with E-state index in [0.29, 0.717) is 12.5 Å². The minimum absolute atomic E-state index is 0.233.